The number of carbonyl (C=O) groups is 1. The molecule has 116 valence electrons. The standard InChI is InChI=1S/C16H25N3O2/c1-21-15-10-5-4-9-14(15)18-16(20)19(12-6-11-17)13-7-2-3-8-13/h4-5,9-10,13H,2-3,6-8,11-12,17H2,1H3,(H,18,20). The van der Waals surface area contributed by atoms with E-state index < -0.39 is 0 Å². The third-order valence-corrected chi connectivity index (χ3v) is 3.98. The Labute approximate surface area is 126 Å². The minimum atomic E-state index is -0.0557. The number of ether oxygens (including phenoxy) is 1. The number of carbonyl (C=O) groups excluding carboxylic acids is 1. The van der Waals surface area contributed by atoms with Gasteiger partial charge in [-0.15, -0.1) is 0 Å². The maximum atomic E-state index is 12.6. The second-order valence-electron chi connectivity index (χ2n) is 5.40. The van der Waals surface area contributed by atoms with Crippen molar-refractivity contribution in [3.05, 3.63) is 24.3 Å². The fourth-order valence-electron chi connectivity index (χ4n) is 2.86. The Morgan fingerprint density at radius 3 is 2.76 bits per heavy atom. The summed E-state index contributed by atoms with van der Waals surface area (Å²) < 4.78 is 5.28. The molecule has 0 unspecified atom stereocenters. The van der Waals surface area contributed by atoms with Crippen molar-refractivity contribution in [2.24, 2.45) is 5.73 Å². The van der Waals surface area contributed by atoms with E-state index >= 15 is 0 Å². The van der Waals surface area contributed by atoms with Crippen LogP contribution in [0.25, 0.3) is 0 Å². The van der Waals surface area contributed by atoms with Crippen molar-refractivity contribution in [2.45, 2.75) is 38.1 Å². The summed E-state index contributed by atoms with van der Waals surface area (Å²) in [5.74, 6) is 0.677. The lowest BCUT2D eigenvalue weighted by Gasteiger charge is -2.29. The first-order valence-electron chi connectivity index (χ1n) is 7.67. The lowest BCUT2D eigenvalue weighted by atomic mass is 10.2. The lowest BCUT2D eigenvalue weighted by Crippen LogP contribution is -2.42. The highest BCUT2D eigenvalue weighted by Gasteiger charge is 2.26. The number of nitrogens with zero attached hydrogens (tertiary/aromatic N) is 1. The van der Waals surface area contributed by atoms with Crippen molar-refractivity contribution in [3.8, 4) is 5.75 Å². The Hall–Kier alpha value is -1.75. The maximum Gasteiger partial charge on any atom is 0.322 e. The van der Waals surface area contributed by atoms with Gasteiger partial charge in [-0.2, -0.15) is 0 Å². The molecule has 5 heteroatoms. The molecular weight excluding hydrogens is 266 g/mol. The van der Waals surface area contributed by atoms with E-state index in [1.165, 1.54) is 12.8 Å². The van der Waals surface area contributed by atoms with Gasteiger partial charge in [0.2, 0.25) is 0 Å². The first-order chi connectivity index (χ1) is 10.3. The Morgan fingerprint density at radius 1 is 1.38 bits per heavy atom. The molecule has 0 heterocycles. The number of benzene rings is 1. The van der Waals surface area contributed by atoms with Gasteiger partial charge in [-0.05, 0) is 37.9 Å². The van der Waals surface area contributed by atoms with E-state index in [-0.39, 0.29) is 6.03 Å². The topological polar surface area (TPSA) is 67.6 Å². The molecular formula is C16H25N3O2. The molecule has 5 nitrogen and oxygen atoms in total. The maximum absolute atomic E-state index is 12.6. The number of hydrogen-bond donors (Lipinski definition) is 2. The Balaban J connectivity index is 2.06. The van der Waals surface area contributed by atoms with Crippen molar-refractivity contribution in [1.82, 2.24) is 4.90 Å². The molecule has 21 heavy (non-hydrogen) atoms. The predicted molar refractivity (Wildman–Crippen MR) is 84.6 cm³/mol. The number of urea groups is 1. The zero-order chi connectivity index (χ0) is 15.1. The molecule has 0 aliphatic heterocycles. The van der Waals surface area contributed by atoms with Gasteiger partial charge in [0, 0.05) is 12.6 Å². The molecule has 0 spiro atoms. The zero-order valence-electron chi connectivity index (χ0n) is 12.7. The van der Waals surface area contributed by atoms with Crippen molar-refractivity contribution < 1.29 is 9.53 Å². The van der Waals surface area contributed by atoms with Crippen LogP contribution in [0, 0.1) is 0 Å². The number of nitrogens with one attached hydrogen (secondary N) is 1. The summed E-state index contributed by atoms with van der Waals surface area (Å²) in [6, 6.07) is 7.75. The smallest absolute Gasteiger partial charge is 0.322 e. The first-order valence-corrected chi connectivity index (χ1v) is 7.67. The minimum absolute atomic E-state index is 0.0557. The number of hydrogen-bond acceptors (Lipinski definition) is 3. The summed E-state index contributed by atoms with van der Waals surface area (Å²) in [4.78, 5) is 14.5. The number of methoxy groups -OCH3 is 1. The highest BCUT2D eigenvalue weighted by atomic mass is 16.5. The number of nitrogens with two attached hydrogens (primary N) is 1. The molecule has 2 rings (SSSR count). The SMILES string of the molecule is COc1ccccc1NC(=O)N(CCCN)C1CCCC1. The van der Waals surface area contributed by atoms with Crippen molar-refractivity contribution in [3.63, 3.8) is 0 Å². The van der Waals surface area contributed by atoms with Gasteiger partial charge < -0.3 is 20.7 Å². The summed E-state index contributed by atoms with van der Waals surface area (Å²) in [5, 5.41) is 2.97. The number of para-hydroxylation sites is 2. The minimum Gasteiger partial charge on any atom is -0.495 e. The van der Waals surface area contributed by atoms with E-state index in [4.69, 9.17) is 10.5 Å². The third kappa shape index (κ3) is 4.11. The van der Waals surface area contributed by atoms with Crippen LogP contribution in [0.3, 0.4) is 0 Å². The fraction of sp³-hybridized carbons (Fsp3) is 0.562. The quantitative estimate of drug-likeness (QED) is 0.847. The van der Waals surface area contributed by atoms with Crippen molar-refractivity contribution >= 4 is 11.7 Å². The highest BCUT2D eigenvalue weighted by molar-refractivity contribution is 5.91. The monoisotopic (exact) mass is 291 g/mol. The van der Waals surface area contributed by atoms with E-state index in [1.54, 1.807) is 7.11 Å². The summed E-state index contributed by atoms with van der Waals surface area (Å²) in [7, 11) is 1.61. The fourth-order valence-corrected chi connectivity index (χ4v) is 2.86. The van der Waals surface area contributed by atoms with Crippen LogP contribution in [0.1, 0.15) is 32.1 Å². The molecule has 2 amide bonds. The normalized spacial score (nSPS) is 15.0. The molecule has 1 saturated carbocycles. The van der Waals surface area contributed by atoms with Gasteiger partial charge >= 0.3 is 6.03 Å². The molecule has 0 saturated heterocycles. The Morgan fingerprint density at radius 2 is 2.10 bits per heavy atom. The van der Waals surface area contributed by atoms with E-state index in [1.807, 2.05) is 29.2 Å². The highest BCUT2D eigenvalue weighted by Crippen LogP contribution is 2.27. The van der Waals surface area contributed by atoms with Gasteiger partial charge in [-0.3, -0.25) is 0 Å². The molecule has 1 aliphatic carbocycles. The molecule has 1 aliphatic rings. The summed E-state index contributed by atoms with van der Waals surface area (Å²) in [6.07, 6.45) is 5.40. The van der Waals surface area contributed by atoms with Crippen molar-refractivity contribution in [1.29, 1.82) is 0 Å². The van der Waals surface area contributed by atoms with E-state index in [0.717, 1.165) is 19.3 Å². The van der Waals surface area contributed by atoms with Gasteiger partial charge in [0.25, 0.3) is 0 Å². The second kappa shape index (κ2) is 7.88. The van der Waals surface area contributed by atoms with Crippen LogP contribution in [0.5, 0.6) is 5.75 Å². The summed E-state index contributed by atoms with van der Waals surface area (Å²) >= 11 is 0. The van der Waals surface area contributed by atoms with E-state index in [2.05, 4.69) is 5.32 Å². The van der Waals surface area contributed by atoms with Gasteiger partial charge in [-0.1, -0.05) is 25.0 Å². The summed E-state index contributed by atoms with van der Waals surface area (Å²) in [6.45, 7) is 1.31. The predicted octanol–water partition coefficient (Wildman–Crippen LogP) is 2.82. The average molecular weight is 291 g/mol. The Kier molecular flexibility index (Phi) is 5.87. The van der Waals surface area contributed by atoms with Crippen LogP contribution in [-0.4, -0.2) is 37.2 Å². The van der Waals surface area contributed by atoms with Gasteiger partial charge in [0.05, 0.1) is 12.8 Å². The first kappa shape index (κ1) is 15.6. The third-order valence-electron chi connectivity index (χ3n) is 3.98. The molecule has 1 aromatic rings. The van der Waals surface area contributed by atoms with Gasteiger partial charge in [0.1, 0.15) is 5.75 Å². The second-order valence-corrected chi connectivity index (χ2v) is 5.40. The van der Waals surface area contributed by atoms with Gasteiger partial charge in [0.15, 0.2) is 0 Å². The van der Waals surface area contributed by atoms with Crippen LogP contribution >= 0.6 is 0 Å². The van der Waals surface area contributed by atoms with Crippen LogP contribution < -0.4 is 15.8 Å². The van der Waals surface area contributed by atoms with E-state index in [9.17, 15) is 4.79 Å². The van der Waals surface area contributed by atoms with Gasteiger partial charge in [-0.25, -0.2) is 4.79 Å². The Bertz CT molecular complexity index is 459. The van der Waals surface area contributed by atoms with Crippen LogP contribution in [-0.2, 0) is 0 Å². The molecule has 3 N–H and O–H groups in total. The van der Waals surface area contributed by atoms with Crippen LogP contribution in [0.4, 0.5) is 10.5 Å². The summed E-state index contributed by atoms with van der Waals surface area (Å²) in [5.41, 5.74) is 6.30. The van der Waals surface area contributed by atoms with Crippen LogP contribution in [0.15, 0.2) is 24.3 Å². The zero-order valence-corrected chi connectivity index (χ0v) is 12.7. The van der Waals surface area contributed by atoms with E-state index in [0.29, 0.717) is 30.6 Å². The largest absolute Gasteiger partial charge is 0.495 e. The molecule has 0 bridgehead atoms. The molecule has 0 aromatic heterocycles. The molecule has 0 radical (unpaired) electrons. The number of amides is 2. The van der Waals surface area contributed by atoms with Crippen molar-refractivity contribution in [2.75, 3.05) is 25.5 Å². The number of rotatable bonds is 6. The lowest BCUT2D eigenvalue weighted by molar-refractivity contribution is 0.188. The molecule has 1 aromatic carbocycles. The average Bonchev–Trinajstić information content (AvgIpc) is 3.02. The molecule has 0 atom stereocenters. The molecule has 1 fully saturated rings. The van der Waals surface area contributed by atoms with Crippen LogP contribution in [0.2, 0.25) is 0 Å². The number of anilines is 1.